The molecule has 652 valence electrons. The zero-order chi connectivity index (χ0) is 92.2. The summed E-state index contributed by atoms with van der Waals surface area (Å²) in [5.41, 5.74) is 48.3. The van der Waals surface area contributed by atoms with Crippen molar-refractivity contribution >= 4 is 111 Å². The Bertz CT molecular complexity index is 8380. The first-order valence-electron chi connectivity index (χ1n) is 48.3. The monoisotopic (exact) mass is 1780 g/mol. The molecule has 140 heavy (non-hydrogen) atoms. The summed E-state index contributed by atoms with van der Waals surface area (Å²) in [6.07, 6.45) is 0. The van der Waals surface area contributed by atoms with E-state index in [4.69, 9.17) is 0 Å². The molecule has 0 saturated heterocycles. The largest absolute Gasteiger partial charge is 0.310 e. The summed E-state index contributed by atoms with van der Waals surface area (Å²) in [5.74, 6) is 0. The molecule has 0 unspecified atom stereocenters. The molecule has 0 N–H and O–H groups in total. The molecule has 0 aromatic heterocycles. The van der Waals surface area contributed by atoms with Crippen molar-refractivity contribution in [3.63, 3.8) is 0 Å². The van der Waals surface area contributed by atoms with Crippen molar-refractivity contribution in [2.45, 2.75) is 0 Å². The van der Waals surface area contributed by atoms with E-state index in [0.717, 1.165) is 90.5 Å². The van der Waals surface area contributed by atoms with Crippen molar-refractivity contribution < 1.29 is 0 Å². The van der Waals surface area contributed by atoms with Gasteiger partial charge < -0.3 is 19.6 Å². The van der Waals surface area contributed by atoms with E-state index in [1.165, 1.54) is 177 Å². The second kappa shape index (κ2) is 33.9. The normalized spacial score (nSPS) is 11.7. The van der Waals surface area contributed by atoms with Crippen molar-refractivity contribution in [3.05, 3.63) is 534 Å². The van der Waals surface area contributed by atoms with Crippen molar-refractivity contribution in [1.29, 1.82) is 0 Å². The highest BCUT2D eigenvalue weighted by Gasteiger charge is 2.33. The first-order chi connectivity index (χ1) is 69.5. The molecule has 4 heteroatoms. The first kappa shape index (κ1) is 81.1. The van der Waals surface area contributed by atoms with Crippen LogP contribution >= 0.6 is 0 Å². The smallest absolute Gasteiger partial charge is 0.0540 e. The Morgan fingerprint density at radius 2 is 0.286 bits per heavy atom. The number of nitrogens with zero attached hydrogens (tertiary/aromatic N) is 4. The molecule has 0 spiro atoms. The van der Waals surface area contributed by atoms with Gasteiger partial charge in [0.05, 0.1) is 34.1 Å². The fourth-order valence-corrected chi connectivity index (χ4v) is 22.8. The zero-order valence-corrected chi connectivity index (χ0v) is 76.6. The van der Waals surface area contributed by atoms with Gasteiger partial charge in [0, 0.05) is 66.8 Å². The summed E-state index contributed by atoms with van der Waals surface area (Å²) >= 11 is 0. The maximum Gasteiger partial charge on any atom is 0.0540 e. The molecule has 24 aromatic carbocycles. The SMILES string of the molecule is c1ccc(-c2cccc(N(c3ccc(-c4ccc(N(c5cccc(-c6ccccc6)c5)c5ccc6c7c(cccc57)-c5ccccc5-6)cc4)cc3)c3ccc4c5c(cccc35)-c3ccccc3-4)c2)cc1.c1ccc(-c2ccccc2N(c2ccc(-c3ccc(N(c4ccccc4-c4ccccc4)c4ccc5c6c(cccc46)-c4ccccc4-5)cc3)cc2)c2ccc3c4c(cccc24)-c2ccccc2-3)cc1. The predicted molar refractivity (Wildman–Crippen MR) is 592 cm³/mol. The number of hydrogen-bond donors (Lipinski definition) is 0. The van der Waals surface area contributed by atoms with Gasteiger partial charge >= 0.3 is 0 Å². The molecular formula is C136H88N4. The minimum Gasteiger partial charge on any atom is -0.310 e. The number of anilines is 12. The van der Waals surface area contributed by atoms with Gasteiger partial charge in [-0.05, 0) is 275 Å². The lowest BCUT2D eigenvalue weighted by Crippen LogP contribution is -2.12. The van der Waals surface area contributed by atoms with Crippen LogP contribution in [0.15, 0.2) is 534 Å². The van der Waals surface area contributed by atoms with Gasteiger partial charge in [-0.25, -0.2) is 0 Å². The molecule has 0 atom stereocenters. The summed E-state index contributed by atoms with van der Waals surface area (Å²) in [6.45, 7) is 0. The number of benzene rings is 24. The minimum atomic E-state index is 1.10. The van der Waals surface area contributed by atoms with Gasteiger partial charge in [-0.15, -0.1) is 0 Å². The molecule has 0 fully saturated rings. The van der Waals surface area contributed by atoms with Crippen LogP contribution in [0.1, 0.15) is 0 Å². The fourth-order valence-electron chi connectivity index (χ4n) is 22.8. The third kappa shape index (κ3) is 13.6. The van der Waals surface area contributed by atoms with Gasteiger partial charge in [-0.2, -0.15) is 0 Å². The zero-order valence-electron chi connectivity index (χ0n) is 76.6. The quantitative estimate of drug-likeness (QED) is 0.0849. The van der Waals surface area contributed by atoms with E-state index in [-0.39, 0.29) is 0 Å². The van der Waals surface area contributed by atoms with Crippen molar-refractivity contribution in [2.24, 2.45) is 0 Å². The highest BCUT2D eigenvalue weighted by atomic mass is 15.2. The van der Waals surface area contributed by atoms with Gasteiger partial charge in [0.25, 0.3) is 0 Å². The Labute approximate surface area is 814 Å². The Balaban J connectivity index is 0.000000141. The Hall–Kier alpha value is -18.5. The van der Waals surface area contributed by atoms with E-state index in [0.29, 0.717) is 0 Å². The van der Waals surface area contributed by atoms with Crippen LogP contribution in [0.25, 0.3) is 199 Å². The molecule has 0 heterocycles. The van der Waals surface area contributed by atoms with Crippen LogP contribution in [-0.2, 0) is 0 Å². The fraction of sp³-hybridized carbons (Fsp3) is 0. The molecule has 0 saturated carbocycles. The van der Waals surface area contributed by atoms with Crippen molar-refractivity contribution in [2.75, 3.05) is 19.6 Å². The molecule has 0 radical (unpaired) electrons. The van der Waals surface area contributed by atoms with Gasteiger partial charge in [-0.1, -0.05) is 425 Å². The maximum absolute atomic E-state index is 2.46. The molecule has 0 aliphatic heterocycles. The number of hydrogen-bond acceptors (Lipinski definition) is 4. The summed E-state index contributed by atoms with van der Waals surface area (Å²) < 4.78 is 0. The molecule has 28 rings (SSSR count). The maximum atomic E-state index is 2.46. The van der Waals surface area contributed by atoms with E-state index in [1.807, 2.05) is 0 Å². The number of fused-ring (bicyclic) bond motifs is 12. The third-order valence-electron chi connectivity index (χ3n) is 29.1. The second-order valence-corrected chi connectivity index (χ2v) is 36.8. The van der Waals surface area contributed by atoms with Gasteiger partial charge in [0.15, 0.2) is 0 Å². The average molecular weight is 1780 g/mol. The lowest BCUT2D eigenvalue weighted by Gasteiger charge is -2.30. The third-order valence-corrected chi connectivity index (χ3v) is 29.1. The molecule has 4 aliphatic rings. The topological polar surface area (TPSA) is 13.0 Å². The van der Waals surface area contributed by atoms with Crippen LogP contribution in [0.3, 0.4) is 0 Å². The van der Waals surface area contributed by atoms with Crippen LogP contribution in [0.5, 0.6) is 0 Å². The van der Waals surface area contributed by atoms with Crippen LogP contribution in [0.2, 0.25) is 0 Å². The van der Waals surface area contributed by atoms with Crippen LogP contribution in [-0.4, -0.2) is 0 Å². The molecule has 0 amide bonds. The van der Waals surface area contributed by atoms with Crippen molar-refractivity contribution in [3.8, 4) is 156 Å². The van der Waals surface area contributed by atoms with E-state index in [2.05, 4.69) is 553 Å². The highest BCUT2D eigenvalue weighted by molar-refractivity contribution is 6.24. The second-order valence-electron chi connectivity index (χ2n) is 36.8. The average Bonchev–Trinajstić information content (AvgIpc) is 1.66. The number of para-hydroxylation sites is 2. The van der Waals surface area contributed by atoms with Gasteiger partial charge in [-0.3, -0.25) is 0 Å². The molecule has 4 nitrogen and oxygen atoms in total. The summed E-state index contributed by atoms with van der Waals surface area (Å²) in [6, 6.07) is 196. The summed E-state index contributed by atoms with van der Waals surface area (Å²) in [4.78, 5) is 9.78. The molecule has 4 aliphatic carbocycles. The minimum absolute atomic E-state index is 1.10. The van der Waals surface area contributed by atoms with E-state index < -0.39 is 0 Å². The Kier molecular flexibility index (Phi) is 19.6. The predicted octanol–water partition coefficient (Wildman–Crippen LogP) is 38.5. The lowest BCUT2D eigenvalue weighted by molar-refractivity contribution is 1.29. The number of rotatable bonds is 18. The van der Waals surface area contributed by atoms with Gasteiger partial charge in [0.2, 0.25) is 0 Å². The molecule has 24 aromatic rings. The van der Waals surface area contributed by atoms with Crippen LogP contribution in [0, 0.1) is 0 Å². The van der Waals surface area contributed by atoms with Gasteiger partial charge in [0.1, 0.15) is 0 Å². The van der Waals surface area contributed by atoms with E-state index in [1.54, 1.807) is 0 Å². The summed E-state index contributed by atoms with van der Waals surface area (Å²) in [7, 11) is 0. The summed E-state index contributed by atoms with van der Waals surface area (Å²) in [5, 5.41) is 10.2. The lowest BCUT2D eigenvalue weighted by atomic mass is 9.97. The van der Waals surface area contributed by atoms with E-state index >= 15 is 0 Å². The Morgan fingerprint density at radius 1 is 0.0929 bits per heavy atom. The first-order valence-corrected chi connectivity index (χ1v) is 48.3. The van der Waals surface area contributed by atoms with E-state index in [9.17, 15) is 0 Å². The van der Waals surface area contributed by atoms with Crippen molar-refractivity contribution in [1.82, 2.24) is 0 Å². The molecular weight excluding hydrogens is 1690 g/mol. The standard InChI is InChI=1S/2C68H44N2/c1-3-15-45(16-4-1)49-19-11-21-53(43-49)69(65-41-39-61-57-25-9-7-23-55(57)59-27-13-29-63(65)67(59)61)51-35-31-47(32-36-51)48-33-37-52(38-34-48)70(54-22-12-20-50(44-54)46-17-5-2-6-18-46)66-42-40-62-58-26-10-8-24-56(58)60-28-14-30-64(66)68(60)62;1-3-17-47(18-4-1)51-21-11-13-31-63(51)69(65-43-41-59-55-25-9-7-23-53(55)57-27-15-29-61(65)67(57)59)49-37-33-45(34-38-49)46-35-39-50(40-36-46)70(64-32-14-12-22-52(64)48-19-5-2-6-20-48)66-44-42-60-56-26-10-8-24-54(56)58-28-16-30-62(66)68(58)60/h2*1-44H. The Morgan fingerprint density at radius 3 is 0.557 bits per heavy atom. The van der Waals surface area contributed by atoms with Crippen LogP contribution in [0.4, 0.5) is 68.2 Å². The highest BCUT2D eigenvalue weighted by Crippen LogP contribution is 2.59. The van der Waals surface area contributed by atoms with Crippen LogP contribution < -0.4 is 19.6 Å². The molecule has 0 bridgehead atoms.